The summed E-state index contributed by atoms with van der Waals surface area (Å²) in [6, 6.07) is 1.74. The number of nitrogens with one attached hydrogen (secondary N) is 1. The summed E-state index contributed by atoms with van der Waals surface area (Å²) in [7, 11) is -1.19. The molecule has 1 N–H and O–H groups in total. The van der Waals surface area contributed by atoms with E-state index in [4.69, 9.17) is 0 Å². The molecule has 1 aromatic rings. The Bertz CT molecular complexity index is 647. The first-order valence-electron chi connectivity index (χ1n) is 7.99. The lowest BCUT2D eigenvalue weighted by Gasteiger charge is -2.18. The molecule has 2 rings (SSSR count). The van der Waals surface area contributed by atoms with Crippen molar-refractivity contribution in [2.24, 2.45) is 13.0 Å². The van der Waals surface area contributed by atoms with E-state index in [0.29, 0.717) is 24.7 Å². The van der Waals surface area contributed by atoms with Crippen LogP contribution in [0, 0.1) is 5.92 Å². The van der Waals surface area contributed by atoms with Crippen molar-refractivity contribution in [3.63, 3.8) is 0 Å². The second-order valence-corrected chi connectivity index (χ2v) is 8.65. The molecule has 9 heteroatoms. The lowest BCUT2D eigenvalue weighted by Crippen LogP contribution is -2.41. The number of likely N-dealkylation sites (tertiary alicyclic amines) is 1. The van der Waals surface area contributed by atoms with Crippen molar-refractivity contribution >= 4 is 28.2 Å². The van der Waals surface area contributed by atoms with Gasteiger partial charge in [-0.3, -0.25) is 14.4 Å². The van der Waals surface area contributed by atoms with Crippen molar-refractivity contribution in [3.8, 4) is 0 Å². The van der Waals surface area contributed by atoms with Crippen LogP contribution < -0.4 is 5.32 Å². The van der Waals surface area contributed by atoms with Gasteiger partial charge < -0.3 is 5.32 Å². The highest BCUT2D eigenvalue weighted by Gasteiger charge is 2.33. The summed E-state index contributed by atoms with van der Waals surface area (Å²) in [6.07, 6.45) is 5.06. The van der Waals surface area contributed by atoms with Crippen molar-refractivity contribution < 1.29 is 13.2 Å². The van der Waals surface area contributed by atoms with E-state index in [9.17, 15) is 13.2 Å². The van der Waals surface area contributed by atoms with Crippen LogP contribution in [0.1, 0.15) is 30.3 Å². The predicted octanol–water partition coefficient (Wildman–Crippen LogP) is 0.717. The molecule has 1 aliphatic rings. The summed E-state index contributed by atoms with van der Waals surface area (Å²) in [5.41, 5.74) is 0.414. The molecule has 0 radical (unpaired) electrons. The van der Waals surface area contributed by atoms with Crippen LogP contribution in [0.5, 0.6) is 0 Å². The summed E-state index contributed by atoms with van der Waals surface area (Å²) in [5, 5.41) is 7.19. The molecule has 0 aromatic carbocycles. The molecule has 2 atom stereocenters. The van der Waals surface area contributed by atoms with Crippen molar-refractivity contribution in [1.82, 2.24) is 20.0 Å². The Morgan fingerprint density at radius 1 is 1.42 bits per heavy atom. The summed E-state index contributed by atoms with van der Waals surface area (Å²) < 4.78 is 24.3. The Kier molecular flexibility index (Phi) is 7.69. The minimum absolute atomic E-state index is 0. The zero-order chi connectivity index (χ0) is 17.0. The Labute approximate surface area is 150 Å². The van der Waals surface area contributed by atoms with E-state index in [2.05, 4.69) is 22.2 Å². The van der Waals surface area contributed by atoms with Gasteiger partial charge in [-0.05, 0) is 18.4 Å². The Balaban J connectivity index is 0.00000288. The van der Waals surface area contributed by atoms with E-state index < -0.39 is 9.84 Å². The number of nitrogens with zero attached hydrogens (tertiary/aromatic N) is 3. The summed E-state index contributed by atoms with van der Waals surface area (Å²) >= 11 is 0. The van der Waals surface area contributed by atoms with Gasteiger partial charge in [0.2, 0.25) is 0 Å². The normalized spacial score (nSPS) is 21.5. The van der Waals surface area contributed by atoms with Crippen molar-refractivity contribution in [2.45, 2.75) is 25.8 Å². The van der Waals surface area contributed by atoms with E-state index in [-0.39, 0.29) is 30.1 Å². The number of amides is 1. The minimum Gasteiger partial charge on any atom is -0.346 e. The fraction of sp³-hybridized carbons (Fsp3) is 0.733. The van der Waals surface area contributed by atoms with Gasteiger partial charge in [-0.25, -0.2) is 8.42 Å². The summed E-state index contributed by atoms with van der Waals surface area (Å²) in [4.78, 5) is 14.4. The quantitative estimate of drug-likeness (QED) is 0.755. The molecule has 1 saturated heterocycles. The fourth-order valence-electron chi connectivity index (χ4n) is 3.04. The number of carbonyl (C=O) groups excluding carboxylic acids is 1. The third-order valence-electron chi connectivity index (χ3n) is 4.22. The Hall–Kier alpha value is -1.12. The number of sulfone groups is 1. The highest BCUT2D eigenvalue weighted by atomic mass is 35.5. The zero-order valence-corrected chi connectivity index (χ0v) is 16.1. The lowest BCUT2D eigenvalue weighted by molar-refractivity contribution is 0.0923. The molecule has 1 fully saturated rings. The van der Waals surface area contributed by atoms with Crippen LogP contribution in [-0.4, -0.2) is 66.7 Å². The Morgan fingerprint density at radius 2 is 2.12 bits per heavy atom. The first-order valence-corrected chi connectivity index (χ1v) is 10.0. The maximum atomic E-state index is 12.3. The smallest absolute Gasteiger partial charge is 0.272 e. The van der Waals surface area contributed by atoms with Crippen molar-refractivity contribution in [1.29, 1.82) is 0 Å². The summed E-state index contributed by atoms with van der Waals surface area (Å²) in [6.45, 7) is 4.17. The topological polar surface area (TPSA) is 84.3 Å². The van der Waals surface area contributed by atoms with Crippen molar-refractivity contribution in [2.75, 3.05) is 31.6 Å². The van der Waals surface area contributed by atoms with Gasteiger partial charge in [0.25, 0.3) is 5.91 Å². The molecule has 1 amide bonds. The zero-order valence-electron chi connectivity index (χ0n) is 14.4. The second kappa shape index (κ2) is 8.82. The van der Waals surface area contributed by atoms with Gasteiger partial charge in [-0.2, -0.15) is 5.10 Å². The van der Waals surface area contributed by atoms with Crippen LogP contribution in [0.25, 0.3) is 0 Å². The van der Waals surface area contributed by atoms with Crippen LogP contribution >= 0.6 is 12.4 Å². The molecule has 0 aliphatic carbocycles. The molecule has 1 aliphatic heterocycles. The largest absolute Gasteiger partial charge is 0.346 e. The first kappa shape index (κ1) is 20.9. The average molecular weight is 379 g/mol. The lowest BCUT2D eigenvalue weighted by atomic mass is 9.98. The molecule has 1 aromatic heterocycles. The maximum Gasteiger partial charge on any atom is 0.272 e. The number of carbonyl (C=O) groups is 1. The molecule has 2 heterocycles. The monoisotopic (exact) mass is 378 g/mol. The third kappa shape index (κ3) is 6.07. The standard InChI is InChI=1S/C15H26N4O3S.ClH/c1-4-5-12-10-19(8-9-23(3,21)22)11-14(12)16-15(20)13-6-7-18(2)17-13;/h6-7,12,14H,4-5,8-11H2,1-3H3,(H,16,20);1H/t12-,14-;/m0./s1. The van der Waals surface area contributed by atoms with Gasteiger partial charge in [0, 0.05) is 45.2 Å². The van der Waals surface area contributed by atoms with Gasteiger partial charge in [-0.1, -0.05) is 13.3 Å². The molecule has 138 valence electrons. The van der Waals surface area contributed by atoms with Crippen molar-refractivity contribution in [3.05, 3.63) is 18.0 Å². The Morgan fingerprint density at radius 3 is 2.67 bits per heavy atom. The number of aromatic nitrogens is 2. The highest BCUT2D eigenvalue weighted by Crippen LogP contribution is 2.22. The third-order valence-corrected chi connectivity index (χ3v) is 5.14. The van der Waals surface area contributed by atoms with Crippen LogP contribution in [0.4, 0.5) is 0 Å². The van der Waals surface area contributed by atoms with Crippen LogP contribution in [-0.2, 0) is 16.9 Å². The predicted molar refractivity (Wildman–Crippen MR) is 96.3 cm³/mol. The van der Waals surface area contributed by atoms with E-state index >= 15 is 0 Å². The molecule has 0 bridgehead atoms. The van der Waals surface area contributed by atoms with E-state index in [1.807, 2.05) is 0 Å². The SMILES string of the molecule is CCC[C@H]1CN(CCS(C)(=O)=O)C[C@@H]1NC(=O)c1ccn(C)n1.Cl. The average Bonchev–Trinajstić information content (AvgIpc) is 3.03. The van der Waals surface area contributed by atoms with Crippen LogP contribution in [0.15, 0.2) is 12.3 Å². The van der Waals surface area contributed by atoms with Gasteiger partial charge in [0.05, 0.1) is 5.75 Å². The number of hydrogen-bond donors (Lipinski definition) is 1. The van der Waals surface area contributed by atoms with Crippen LogP contribution in [0.3, 0.4) is 0 Å². The summed E-state index contributed by atoms with van der Waals surface area (Å²) in [5.74, 6) is 0.348. The molecule has 0 saturated carbocycles. The highest BCUT2D eigenvalue weighted by molar-refractivity contribution is 7.90. The van der Waals surface area contributed by atoms with E-state index in [0.717, 1.165) is 19.4 Å². The number of aryl methyl sites for hydroxylation is 1. The molecular weight excluding hydrogens is 352 g/mol. The molecule has 7 nitrogen and oxygen atoms in total. The maximum absolute atomic E-state index is 12.3. The molecule has 0 spiro atoms. The molecule has 24 heavy (non-hydrogen) atoms. The first-order chi connectivity index (χ1) is 10.8. The molecular formula is C15H27ClN4O3S. The van der Waals surface area contributed by atoms with Gasteiger partial charge >= 0.3 is 0 Å². The number of rotatable bonds is 7. The number of hydrogen-bond acceptors (Lipinski definition) is 5. The molecule has 0 unspecified atom stereocenters. The van der Waals surface area contributed by atoms with E-state index in [1.54, 1.807) is 24.0 Å². The number of halogens is 1. The minimum atomic E-state index is -2.96. The fourth-order valence-corrected chi connectivity index (χ4v) is 3.63. The van der Waals surface area contributed by atoms with Gasteiger partial charge in [0.1, 0.15) is 15.5 Å². The van der Waals surface area contributed by atoms with E-state index in [1.165, 1.54) is 6.26 Å². The van der Waals surface area contributed by atoms with Gasteiger partial charge in [-0.15, -0.1) is 12.4 Å². The van der Waals surface area contributed by atoms with Gasteiger partial charge in [0.15, 0.2) is 0 Å². The van der Waals surface area contributed by atoms with Crippen LogP contribution in [0.2, 0.25) is 0 Å². The second-order valence-electron chi connectivity index (χ2n) is 6.39.